The molecule has 0 aliphatic rings. The van der Waals surface area contributed by atoms with E-state index in [1.165, 1.54) is 0 Å². The van der Waals surface area contributed by atoms with Crippen LogP contribution in [0.1, 0.15) is 36.8 Å². The van der Waals surface area contributed by atoms with Crippen LogP contribution in [0.2, 0.25) is 0 Å². The van der Waals surface area contributed by atoms with Crippen LogP contribution in [-0.2, 0) is 24.8 Å². The summed E-state index contributed by atoms with van der Waals surface area (Å²) in [5.41, 5.74) is 3.79. The van der Waals surface area contributed by atoms with Crippen LogP contribution in [0.3, 0.4) is 0 Å². The van der Waals surface area contributed by atoms with Gasteiger partial charge in [0.1, 0.15) is 0 Å². The number of carbonyl (C=O) groups excluding carboxylic acids is 1. The number of aryl methyl sites for hydroxylation is 4. The number of nitrogens with zero attached hydrogens (tertiary/aromatic N) is 4. The van der Waals surface area contributed by atoms with Crippen molar-refractivity contribution in [3.63, 3.8) is 0 Å². The first-order valence-electron chi connectivity index (χ1n) is 7.33. The van der Waals surface area contributed by atoms with E-state index in [-0.39, 0.29) is 5.91 Å². The first-order valence-corrected chi connectivity index (χ1v) is 7.33. The van der Waals surface area contributed by atoms with Gasteiger partial charge in [-0.25, -0.2) is 0 Å². The average molecular weight is 289 g/mol. The zero-order chi connectivity index (χ0) is 15.4. The van der Waals surface area contributed by atoms with E-state index in [1.807, 2.05) is 31.6 Å². The molecule has 0 saturated heterocycles. The number of carbonyl (C=O) groups is 1. The van der Waals surface area contributed by atoms with Gasteiger partial charge >= 0.3 is 0 Å². The number of hydrogen-bond acceptors (Lipinski definition) is 3. The fourth-order valence-electron chi connectivity index (χ4n) is 2.40. The van der Waals surface area contributed by atoms with Crippen LogP contribution in [0.4, 0.5) is 5.69 Å². The molecule has 1 amide bonds. The smallest absolute Gasteiger partial charge is 0.224 e. The minimum Gasteiger partial charge on any atom is -0.323 e. The van der Waals surface area contributed by atoms with Crippen molar-refractivity contribution >= 4 is 11.6 Å². The second kappa shape index (κ2) is 6.56. The Morgan fingerprint density at radius 3 is 2.76 bits per heavy atom. The maximum Gasteiger partial charge on any atom is 0.224 e. The highest BCUT2D eigenvalue weighted by Gasteiger charge is 2.14. The van der Waals surface area contributed by atoms with Gasteiger partial charge in [0.15, 0.2) is 0 Å². The normalized spacial score (nSPS) is 10.9. The van der Waals surface area contributed by atoms with Crippen LogP contribution in [0.15, 0.2) is 12.3 Å². The fourth-order valence-corrected chi connectivity index (χ4v) is 2.40. The second-order valence-corrected chi connectivity index (χ2v) is 5.26. The number of amides is 1. The van der Waals surface area contributed by atoms with Crippen molar-refractivity contribution in [1.82, 2.24) is 19.6 Å². The first-order chi connectivity index (χ1) is 10.0. The lowest BCUT2D eigenvalue weighted by atomic mass is 10.2. The van der Waals surface area contributed by atoms with E-state index in [1.54, 1.807) is 10.9 Å². The van der Waals surface area contributed by atoms with Gasteiger partial charge in [-0.15, -0.1) is 0 Å². The summed E-state index contributed by atoms with van der Waals surface area (Å²) in [5.74, 6) is 0.0125. The van der Waals surface area contributed by atoms with Crippen LogP contribution >= 0.6 is 0 Å². The van der Waals surface area contributed by atoms with E-state index < -0.39 is 0 Å². The van der Waals surface area contributed by atoms with E-state index in [9.17, 15) is 4.79 Å². The SMILES string of the molecule is CCCn1nc(C)c(NC(=O)CCc2ccnn2C)c1C. The number of aromatic nitrogens is 4. The monoisotopic (exact) mass is 289 g/mol. The summed E-state index contributed by atoms with van der Waals surface area (Å²) in [6.07, 6.45) is 3.90. The van der Waals surface area contributed by atoms with Crippen molar-refractivity contribution < 1.29 is 4.79 Å². The van der Waals surface area contributed by atoms with Gasteiger partial charge in [-0.1, -0.05) is 6.92 Å². The van der Waals surface area contributed by atoms with Crippen LogP contribution < -0.4 is 5.32 Å². The molecule has 0 bridgehead atoms. The second-order valence-electron chi connectivity index (χ2n) is 5.26. The Balaban J connectivity index is 1.98. The minimum atomic E-state index is 0.0125. The molecule has 0 aliphatic carbocycles. The Labute approximate surface area is 125 Å². The molecule has 1 N–H and O–H groups in total. The summed E-state index contributed by atoms with van der Waals surface area (Å²) in [5, 5.41) is 11.6. The third-order valence-corrected chi connectivity index (χ3v) is 3.61. The van der Waals surface area contributed by atoms with Gasteiger partial charge in [-0.2, -0.15) is 10.2 Å². The molecule has 21 heavy (non-hydrogen) atoms. The molecule has 0 atom stereocenters. The van der Waals surface area contributed by atoms with Crippen molar-refractivity contribution in [2.24, 2.45) is 7.05 Å². The minimum absolute atomic E-state index is 0.0125. The van der Waals surface area contributed by atoms with Crippen LogP contribution in [0, 0.1) is 13.8 Å². The molecule has 0 aliphatic heterocycles. The lowest BCUT2D eigenvalue weighted by molar-refractivity contribution is -0.116. The van der Waals surface area contributed by atoms with E-state index in [0.717, 1.165) is 35.7 Å². The van der Waals surface area contributed by atoms with Crippen molar-refractivity contribution in [3.05, 3.63) is 29.3 Å². The molecular formula is C15H23N5O. The molecular weight excluding hydrogens is 266 g/mol. The first kappa shape index (κ1) is 15.3. The van der Waals surface area contributed by atoms with E-state index in [4.69, 9.17) is 0 Å². The molecule has 2 aromatic rings. The van der Waals surface area contributed by atoms with Gasteiger partial charge in [-0.05, 0) is 32.8 Å². The highest BCUT2D eigenvalue weighted by molar-refractivity contribution is 5.92. The summed E-state index contributed by atoms with van der Waals surface area (Å²) in [4.78, 5) is 12.1. The van der Waals surface area contributed by atoms with Crippen LogP contribution in [-0.4, -0.2) is 25.5 Å². The van der Waals surface area contributed by atoms with Crippen molar-refractivity contribution in [2.75, 3.05) is 5.32 Å². The van der Waals surface area contributed by atoms with Crippen molar-refractivity contribution in [3.8, 4) is 0 Å². The van der Waals surface area contributed by atoms with E-state index in [0.29, 0.717) is 12.8 Å². The zero-order valence-corrected chi connectivity index (χ0v) is 13.2. The van der Waals surface area contributed by atoms with E-state index >= 15 is 0 Å². The van der Waals surface area contributed by atoms with Crippen molar-refractivity contribution in [1.29, 1.82) is 0 Å². The summed E-state index contributed by atoms with van der Waals surface area (Å²) in [6.45, 7) is 6.91. The third-order valence-electron chi connectivity index (χ3n) is 3.61. The average Bonchev–Trinajstić information content (AvgIpc) is 2.96. The summed E-state index contributed by atoms with van der Waals surface area (Å²) in [6, 6.07) is 1.93. The molecule has 0 unspecified atom stereocenters. The Bertz CT molecular complexity index is 626. The predicted octanol–water partition coefficient (Wildman–Crippen LogP) is 2.21. The number of anilines is 1. The molecule has 0 fully saturated rings. The lowest BCUT2D eigenvalue weighted by Gasteiger charge is -2.07. The van der Waals surface area contributed by atoms with Gasteiger partial charge in [0.2, 0.25) is 5.91 Å². The highest BCUT2D eigenvalue weighted by Crippen LogP contribution is 2.20. The van der Waals surface area contributed by atoms with Gasteiger partial charge in [0.05, 0.1) is 17.1 Å². The summed E-state index contributed by atoms with van der Waals surface area (Å²) < 4.78 is 3.75. The summed E-state index contributed by atoms with van der Waals surface area (Å²) >= 11 is 0. The Morgan fingerprint density at radius 2 is 2.14 bits per heavy atom. The molecule has 6 nitrogen and oxygen atoms in total. The quantitative estimate of drug-likeness (QED) is 0.886. The molecule has 2 aromatic heterocycles. The fraction of sp³-hybridized carbons (Fsp3) is 0.533. The van der Waals surface area contributed by atoms with Gasteiger partial charge < -0.3 is 5.32 Å². The van der Waals surface area contributed by atoms with Crippen molar-refractivity contribution in [2.45, 2.75) is 46.6 Å². The van der Waals surface area contributed by atoms with Crippen LogP contribution in [0.25, 0.3) is 0 Å². The molecule has 2 rings (SSSR count). The lowest BCUT2D eigenvalue weighted by Crippen LogP contribution is -2.14. The standard InChI is InChI=1S/C15H23N5O/c1-5-10-20-12(3)15(11(2)18-20)17-14(21)7-6-13-8-9-16-19(13)4/h8-9H,5-7,10H2,1-4H3,(H,17,21). The molecule has 114 valence electrons. The van der Waals surface area contributed by atoms with E-state index in [2.05, 4.69) is 22.4 Å². The molecule has 0 aromatic carbocycles. The third kappa shape index (κ3) is 3.51. The largest absolute Gasteiger partial charge is 0.323 e. The van der Waals surface area contributed by atoms with Gasteiger partial charge in [-0.3, -0.25) is 14.2 Å². The van der Waals surface area contributed by atoms with Gasteiger partial charge in [0.25, 0.3) is 0 Å². The predicted molar refractivity (Wildman–Crippen MR) is 82.2 cm³/mol. The highest BCUT2D eigenvalue weighted by atomic mass is 16.1. The Kier molecular flexibility index (Phi) is 4.77. The summed E-state index contributed by atoms with van der Waals surface area (Å²) in [7, 11) is 1.89. The molecule has 0 saturated carbocycles. The topological polar surface area (TPSA) is 64.7 Å². The Morgan fingerprint density at radius 1 is 1.38 bits per heavy atom. The number of hydrogen-bond donors (Lipinski definition) is 1. The maximum atomic E-state index is 12.1. The molecule has 2 heterocycles. The maximum absolute atomic E-state index is 12.1. The zero-order valence-electron chi connectivity index (χ0n) is 13.2. The molecule has 0 spiro atoms. The number of nitrogens with one attached hydrogen (secondary N) is 1. The molecule has 0 radical (unpaired) electrons. The molecule has 6 heteroatoms. The van der Waals surface area contributed by atoms with Gasteiger partial charge in [0, 0.05) is 31.9 Å². The Hall–Kier alpha value is -2.11. The van der Waals surface area contributed by atoms with Crippen LogP contribution in [0.5, 0.6) is 0 Å². The number of rotatable bonds is 6.